The highest BCUT2D eigenvalue weighted by Gasteiger charge is 2.10. The molecule has 0 spiro atoms. The molecule has 0 aromatic heterocycles. The number of halogens is 1. The van der Waals surface area contributed by atoms with E-state index in [1.807, 2.05) is 0 Å². The van der Waals surface area contributed by atoms with Crippen molar-refractivity contribution in [1.29, 1.82) is 0 Å². The first kappa shape index (κ1) is 14.4. The first-order valence-corrected chi connectivity index (χ1v) is 5.90. The Hall–Kier alpha value is -1.71. The number of hydrogen-bond donors (Lipinski definition) is 0. The normalized spacial score (nSPS) is 10.2. The molecule has 0 fully saturated rings. The number of benzene rings is 1. The molecule has 0 N–H and O–H groups in total. The van der Waals surface area contributed by atoms with Crippen molar-refractivity contribution in [3.8, 4) is 0 Å². The summed E-state index contributed by atoms with van der Waals surface area (Å²) in [5.41, 5.74) is 1.20. The SMILES string of the molecule is COC(=O)CCCCC(=O)c1cc(F)ccc1C. The predicted octanol–water partition coefficient (Wildman–Crippen LogP) is 3.05. The smallest absolute Gasteiger partial charge is 0.305 e. The van der Waals surface area contributed by atoms with E-state index >= 15 is 0 Å². The van der Waals surface area contributed by atoms with Gasteiger partial charge in [0.25, 0.3) is 0 Å². The molecule has 0 aliphatic heterocycles. The fourth-order valence-corrected chi connectivity index (χ4v) is 1.69. The Balaban J connectivity index is 2.46. The third-order valence-corrected chi connectivity index (χ3v) is 2.76. The van der Waals surface area contributed by atoms with Crippen molar-refractivity contribution in [2.75, 3.05) is 7.11 Å². The number of ketones is 1. The fourth-order valence-electron chi connectivity index (χ4n) is 1.69. The summed E-state index contributed by atoms with van der Waals surface area (Å²) in [4.78, 5) is 22.7. The van der Waals surface area contributed by atoms with Gasteiger partial charge in [-0.25, -0.2) is 4.39 Å². The first-order chi connectivity index (χ1) is 8.54. The average Bonchev–Trinajstić information content (AvgIpc) is 2.36. The van der Waals surface area contributed by atoms with Crippen LogP contribution < -0.4 is 0 Å². The van der Waals surface area contributed by atoms with Crippen LogP contribution in [0.4, 0.5) is 4.39 Å². The van der Waals surface area contributed by atoms with Gasteiger partial charge in [0.1, 0.15) is 5.82 Å². The minimum Gasteiger partial charge on any atom is -0.469 e. The lowest BCUT2D eigenvalue weighted by Crippen LogP contribution is -2.04. The standard InChI is InChI=1S/C14H17FO3/c1-10-7-8-11(15)9-12(10)13(16)5-3-4-6-14(17)18-2/h7-9H,3-6H2,1-2H3. The molecule has 0 saturated heterocycles. The van der Waals surface area contributed by atoms with Crippen LogP contribution in [0.25, 0.3) is 0 Å². The van der Waals surface area contributed by atoms with E-state index in [2.05, 4.69) is 4.74 Å². The Morgan fingerprint density at radius 3 is 2.56 bits per heavy atom. The van der Waals surface area contributed by atoms with E-state index in [9.17, 15) is 14.0 Å². The molecule has 0 bridgehead atoms. The third-order valence-electron chi connectivity index (χ3n) is 2.76. The number of Topliss-reactive ketones (excluding diaryl/α,β-unsaturated/α-hetero) is 1. The molecule has 0 amide bonds. The van der Waals surface area contributed by atoms with Crippen molar-refractivity contribution in [2.24, 2.45) is 0 Å². The maximum absolute atomic E-state index is 13.0. The molecular weight excluding hydrogens is 235 g/mol. The molecule has 1 rings (SSSR count). The van der Waals surface area contributed by atoms with Crippen LogP contribution in [0.3, 0.4) is 0 Å². The number of rotatable bonds is 6. The Morgan fingerprint density at radius 2 is 1.89 bits per heavy atom. The van der Waals surface area contributed by atoms with Gasteiger partial charge < -0.3 is 4.74 Å². The van der Waals surface area contributed by atoms with Crippen LogP contribution in [0.15, 0.2) is 18.2 Å². The van der Waals surface area contributed by atoms with Crippen LogP contribution in [-0.4, -0.2) is 18.9 Å². The summed E-state index contributed by atoms with van der Waals surface area (Å²) >= 11 is 0. The number of unbranched alkanes of at least 4 members (excludes halogenated alkanes) is 1. The van der Waals surface area contributed by atoms with Gasteiger partial charge in [-0.1, -0.05) is 6.07 Å². The van der Waals surface area contributed by atoms with Crippen LogP contribution in [-0.2, 0) is 9.53 Å². The lowest BCUT2D eigenvalue weighted by atomic mass is 10.0. The summed E-state index contributed by atoms with van der Waals surface area (Å²) in [6, 6.07) is 4.19. The van der Waals surface area contributed by atoms with Gasteiger partial charge >= 0.3 is 5.97 Å². The van der Waals surface area contributed by atoms with E-state index in [0.717, 1.165) is 5.56 Å². The molecular formula is C14H17FO3. The van der Waals surface area contributed by atoms with Gasteiger partial charge in [0.05, 0.1) is 7.11 Å². The van der Waals surface area contributed by atoms with Gasteiger partial charge in [0.15, 0.2) is 5.78 Å². The van der Waals surface area contributed by atoms with Crippen molar-refractivity contribution >= 4 is 11.8 Å². The Labute approximate surface area is 106 Å². The molecule has 3 nitrogen and oxygen atoms in total. The molecule has 0 unspecified atom stereocenters. The van der Waals surface area contributed by atoms with E-state index in [1.54, 1.807) is 13.0 Å². The molecule has 4 heteroatoms. The summed E-state index contributed by atoms with van der Waals surface area (Å²) in [5, 5.41) is 0. The van der Waals surface area contributed by atoms with Gasteiger partial charge in [-0.15, -0.1) is 0 Å². The minimum absolute atomic E-state index is 0.0862. The summed E-state index contributed by atoms with van der Waals surface area (Å²) in [6.45, 7) is 1.78. The van der Waals surface area contributed by atoms with Crippen molar-refractivity contribution < 1.29 is 18.7 Å². The maximum atomic E-state index is 13.0. The van der Waals surface area contributed by atoms with E-state index < -0.39 is 5.82 Å². The zero-order valence-electron chi connectivity index (χ0n) is 10.7. The first-order valence-electron chi connectivity index (χ1n) is 5.90. The predicted molar refractivity (Wildman–Crippen MR) is 66.0 cm³/mol. The highest BCUT2D eigenvalue weighted by molar-refractivity contribution is 5.97. The lowest BCUT2D eigenvalue weighted by Gasteiger charge is -2.05. The Kier molecular flexibility index (Phi) is 5.49. The zero-order valence-corrected chi connectivity index (χ0v) is 10.7. The van der Waals surface area contributed by atoms with Crippen molar-refractivity contribution in [3.63, 3.8) is 0 Å². The second-order valence-corrected chi connectivity index (χ2v) is 4.17. The molecule has 0 saturated carbocycles. The number of esters is 1. The van der Waals surface area contributed by atoms with Crippen LogP contribution in [0.5, 0.6) is 0 Å². The number of methoxy groups -OCH3 is 1. The quantitative estimate of drug-likeness (QED) is 0.444. The van der Waals surface area contributed by atoms with E-state index in [0.29, 0.717) is 31.2 Å². The summed E-state index contributed by atoms with van der Waals surface area (Å²) in [6.07, 6.45) is 1.84. The second-order valence-electron chi connectivity index (χ2n) is 4.17. The number of carbonyl (C=O) groups is 2. The molecule has 0 heterocycles. The molecule has 18 heavy (non-hydrogen) atoms. The Morgan fingerprint density at radius 1 is 1.22 bits per heavy atom. The van der Waals surface area contributed by atoms with Gasteiger partial charge in [0.2, 0.25) is 0 Å². The molecule has 98 valence electrons. The topological polar surface area (TPSA) is 43.4 Å². The summed E-state index contributed by atoms with van der Waals surface area (Å²) < 4.78 is 17.5. The van der Waals surface area contributed by atoms with Gasteiger partial charge in [-0.3, -0.25) is 9.59 Å². The number of hydrogen-bond acceptors (Lipinski definition) is 3. The fraction of sp³-hybridized carbons (Fsp3) is 0.429. The summed E-state index contributed by atoms with van der Waals surface area (Å²) in [7, 11) is 1.34. The summed E-state index contributed by atoms with van der Waals surface area (Å²) in [5.74, 6) is -0.764. The lowest BCUT2D eigenvalue weighted by molar-refractivity contribution is -0.140. The van der Waals surface area contributed by atoms with Gasteiger partial charge in [-0.05, 0) is 37.5 Å². The molecule has 0 aliphatic carbocycles. The van der Waals surface area contributed by atoms with Crippen molar-refractivity contribution in [1.82, 2.24) is 0 Å². The molecule has 1 aromatic carbocycles. The van der Waals surface area contributed by atoms with E-state index in [1.165, 1.54) is 19.2 Å². The molecule has 0 aliphatic rings. The molecule has 0 atom stereocenters. The monoisotopic (exact) mass is 252 g/mol. The number of carbonyl (C=O) groups excluding carboxylic acids is 2. The number of ether oxygens (including phenoxy) is 1. The highest BCUT2D eigenvalue weighted by atomic mass is 19.1. The van der Waals surface area contributed by atoms with Gasteiger partial charge in [-0.2, -0.15) is 0 Å². The van der Waals surface area contributed by atoms with Crippen molar-refractivity contribution in [3.05, 3.63) is 35.1 Å². The van der Waals surface area contributed by atoms with Crippen LogP contribution in [0.1, 0.15) is 41.6 Å². The van der Waals surface area contributed by atoms with E-state index in [-0.39, 0.29) is 11.8 Å². The minimum atomic E-state index is -0.404. The second kappa shape index (κ2) is 6.89. The third kappa shape index (κ3) is 4.28. The van der Waals surface area contributed by atoms with E-state index in [4.69, 9.17) is 0 Å². The van der Waals surface area contributed by atoms with Crippen molar-refractivity contribution in [2.45, 2.75) is 32.6 Å². The van der Waals surface area contributed by atoms with Crippen LogP contribution in [0, 0.1) is 12.7 Å². The highest BCUT2D eigenvalue weighted by Crippen LogP contribution is 2.14. The average molecular weight is 252 g/mol. The van der Waals surface area contributed by atoms with Crippen LogP contribution in [0.2, 0.25) is 0 Å². The van der Waals surface area contributed by atoms with Crippen LogP contribution >= 0.6 is 0 Å². The number of aryl methyl sites for hydroxylation is 1. The molecule has 0 radical (unpaired) electrons. The van der Waals surface area contributed by atoms with Gasteiger partial charge in [0, 0.05) is 18.4 Å². The Bertz CT molecular complexity index is 441. The zero-order chi connectivity index (χ0) is 13.5. The molecule has 1 aromatic rings. The largest absolute Gasteiger partial charge is 0.469 e. The maximum Gasteiger partial charge on any atom is 0.305 e.